The molecule has 0 heterocycles. The molecule has 0 spiro atoms. The molecule has 3 N–H and O–H groups in total. The van der Waals surface area contributed by atoms with Crippen molar-refractivity contribution in [2.24, 2.45) is 11.1 Å². The Kier molecular flexibility index (Phi) is 5.62. The Labute approximate surface area is 95.0 Å². The summed E-state index contributed by atoms with van der Waals surface area (Å²) >= 11 is 0. The Hall–Kier alpha value is -0.0800. The number of nitrogens with two attached hydrogens (primary N) is 1. The van der Waals surface area contributed by atoms with Gasteiger partial charge in [0.05, 0.1) is 0 Å². The molecule has 2 nitrogen and oxygen atoms in total. The molecule has 0 saturated heterocycles. The maximum atomic E-state index is 5.84. The molecular formula is C13H28N2. The minimum Gasteiger partial charge on any atom is -0.330 e. The van der Waals surface area contributed by atoms with Gasteiger partial charge in [-0.2, -0.15) is 0 Å². The molecule has 1 aliphatic carbocycles. The van der Waals surface area contributed by atoms with E-state index in [0.717, 1.165) is 13.1 Å². The highest BCUT2D eigenvalue weighted by Crippen LogP contribution is 2.42. The molecule has 2 heteroatoms. The van der Waals surface area contributed by atoms with Crippen molar-refractivity contribution in [1.29, 1.82) is 0 Å². The van der Waals surface area contributed by atoms with Crippen molar-refractivity contribution < 1.29 is 0 Å². The highest BCUT2D eigenvalue weighted by Gasteiger charge is 2.34. The third-order valence-electron chi connectivity index (χ3n) is 3.99. The summed E-state index contributed by atoms with van der Waals surface area (Å²) in [6, 6.07) is 0.680. The van der Waals surface area contributed by atoms with E-state index in [-0.39, 0.29) is 0 Å². The smallest absolute Gasteiger partial charge is 0.00387 e. The Morgan fingerprint density at radius 2 is 2.13 bits per heavy atom. The van der Waals surface area contributed by atoms with Crippen LogP contribution in [0.15, 0.2) is 0 Å². The highest BCUT2D eigenvalue weighted by atomic mass is 14.9. The first-order chi connectivity index (χ1) is 7.22. The standard InChI is InChI=1S/C13H28N2/c1-3-4-6-12(2)15-10-9-13(11-14)7-5-8-13/h12,15H,3-11,14H2,1-2H3. The third kappa shape index (κ3) is 4.12. The van der Waals surface area contributed by atoms with E-state index in [1.165, 1.54) is 44.9 Å². The molecule has 0 aromatic heterocycles. The predicted octanol–water partition coefficient (Wildman–Crippen LogP) is 2.67. The molecule has 0 bridgehead atoms. The van der Waals surface area contributed by atoms with Gasteiger partial charge in [0.15, 0.2) is 0 Å². The van der Waals surface area contributed by atoms with Crippen LogP contribution in [0.2, 0.25) is 0 Å². The van der Waals surface area contributed by atoms with E-state index in [2.05, 4.69) is 19.2 Å². The van der Waals surface area contributed by atoms with Crippen molar-refractivity contribution >= 4 is 0 Å². The Morgan fingerprint density at radius 3 is 2.60 bits per heavy atom. The molecule has 1 saturated carbocycles. The SMILES string of the molecule is CCCCC(C)NCCC1(CN)CCC1. The first kappa shape index (κ1) is 13.0. The minimum atomic E-state index is 0.511. The van der Waals surface area contributed by atoms with Crippen LogP contribution < -0.4 is 11.1 Å². The van der Waals surface area contributed by atoms with Crippen LogP contribution in [0, 0.1) is 5.41 Å². The fourth-order valence-electron chi connectivity index (χ4n) is 2.43. The van der Waals surface area contributed by atoms with Gasteiger partial charge in [0.25, 0.3) is 0 Å². The van der Waals surface area contributed by atoms with Crippen LogP contribution in [0.5, 0.6) is 0 Å². The van der Waals surface area contributed by atoms with E-state index in [0.29, 0.717) is 11.5 Å². The van der Waals surface area contributed by atoms with Crippen LogP contribution in [0.4, 0.5) is 0 Å². The van der Waals surface area contributed by atoms with Gasteiger partial charge in [0, 0.05) is 6.04 Å². The average molecular weight is 212 g/mol. The van der Waals surface area contributed by atoms with Crippen LogP contribution in [-0.2, 0) is 0 Å². The van der Waals surface area contributed by atoms with Crippen molar-refractivity contribution in [1.82, 2.24) is 5.32 Å². The molecule has 15 heavy (non-hydrogen) atoms. The zero-order valence-corrected chi connectivity index (χ0v) is 10.5. The predicted molar refractivity (Wildman–Crippen MR) is 66.9 cm³/mol. The van der Waals surface area contributed by atoms with Crippen molar-refractivity contribution in [2.75, 3.05) is 13.1 Å². The van der Waals surface area contributed by atoms with Crippen molar-refractivity contribution in [3.05, 3.63) is 0 Å². The van der Waals surface area contributed by atoms with Gasteiger partial charge in [-0.05, 0) is 51.1 Å². The van der Waals surface area contributed by atoms with Crippen molar-refractivity contribution in [2.45, 2.75) is 64.8 Å². The lowest BCUT2D eigenvalue weighted by Crippen LogP contribution is -2.40. The molecular weight excluding hydrogens is 184 g/mol. The zero-order chi connectivity index (χ0) is 11.1. The summed E-state index contributed by atoms with van der Waals surface area (Å²) in [5, 5.41) is 3.62. The summed E-state index contributed by atoms with van der Waals surface area (Å²) in [5.74, 6) is 0. The van der Waals surface area contributed by atoms with Gasteiger partial charge >= 0.3 is 0 Å². The number of hydrogen-bond acceptors (Lipinski definition) is 2. The van der Waals surface area contributed by atoms with Gasteiger partial charge < -0.3 is 11.1 Å². The van der Waals surface area contributed by atoms with Crippen LogP contribution in [0.1, 0.15) is 58.8 Å². The fraction of sp³-hybridized carbons (Fsp3) is 1.00. The summed E-state index contributed by atoms with van der Waals surface area (Å²) in [7, 11) is 0. The zero-order valence-electron chi connectivity index (χ0n) is 10.5. The van der Waals surface area contributed by atoms with Gasteiger partial charge in [0.2, 0.25) is 0 Å². The Morgan fingerprint density at radius 1 is 1.40 bits per heavy atom. The second-order valence-corrected chi connectivity index (χ2v) is 5.31. The normalized spacial score (nSPS) is 21.0. The van der Waals surface area contributed by atoms with Gasteiger partial charge in [-0.1, -0.05) is 26.2 Å². The number of unbranched alkanes of at least 4 members (excludes halogenated alkanes) is 1. The van der Waals surface area contributed by atoms with E-state index in [9.17, 15) is 0 Å². The van der Waals surface area contributed by atoms with Crippen LogP contribution in [0.25, 0.3) is 0 Å². The van der Waals surface area contributed by atoms with Crippen molar-refractivity contribution in [3.63, 3.8) is 0 Å². The maximum Gasteiger partial charge on any atom is 0.00387 e. The topological polar surface area (TPSA) is 38.0 Å². The maximum absolute atomic E-state index is 5.84. The number of rotatable bonds is 8. The number of hydrogen-bond donors (Lipinski definition) is 2. The molecule has 0 radical (unpaired) electrons. The lowest BCUT2D eigenvalue weighted by atomic mass is 9.67. The van der Waals surface area contributed by atoms with Crippen LogP contribution >= 0.6 is 0 Å². The first-order valence-electron chi connectivity index (χ1n) is 6.66. The number of nitrogens with one attached hydrogen (secondary N) is 1. The molecule has 0 aliphatic heterocycles. The van der Waals surface area contributed by atoms with Gasteiger partial charge in [0.1, 0.15) is 0 Å². The molecule has 1 aliphatic rings. The Balaban J connectivity index is 2.04. The Bertz CT molecular complexity index is 158. The monoisotopic (exact) mass is 212 g/mol. The van der Waals surface area contributed by atoms with E-state index in [4.69, 9.17) is 5.73 Å². The summed E-state index contributed by atoms with van der Waals surface area (Å²) < 4.78 is 0. The fourth-order valence-corrected chi connectivity index (χ4v) is 2.43. The van der Waals surface area contributed by atoms with Gasteiger partial charge in [-0.15, -0.1) is 0 Å². The lowest BCUT2D eigenvalue weighted by molar-refractivity contribution is 0.129. The minimum absolute atomic E-state index is 0.511. The molecule has 0 aromatic rings. The largest absolute Gasteiger partial charge is 0.330 e. The lowest BCUT2D eigenvalue weighted by Gasteiger charge is -2.41. The van der Waals surface area contributed by atoms with Crippen molar-refractivity contribution in [3.8, 4) is 0 Å². The van der Waals surface area contributed by atoms with E-state index in [1.807, 2.05) is 0 Å². The molecule has 0 amide bonds. The average Bonchev–Trinajstić information content (AvgIpc) is 2.19. The quantitative estimate of drug-likeness (QED) is 0.649. The van der Waals surface area contributed by atoms with Crippen LogP contribution in [0.3, 0.4) is 0 Å². The molecule has 1 unspecified atom stereocenters. The van der Waals surface area contributed by atoms with Gasteiger partial charge in [-0.25, -0.2) is 0 Å². The molecule has 90 valence electrons. The van der Waals surface area contributed by atoms with E-state index in [1.54, 1.807) is 0 Å². The van der Waals surface area contributed by atoms with Crippen LogP contribution in [-0.4, -0.2) is 19.1 Å². The second-order valence-electron chi connectivity index (χ2n) is 5.31. The molecule has 0 aromatic carbocycles. The summed E-state index contributed by atoms with van der Waals surface area (Å²) in [6.07, 6.45) is 9.34. The summed E-state index contributed by atoms with van der Waals surface area (Å²) in [5.41, 5.74) is 6.35. The third-order valence-corrected chi connectivity index (χ3v) is 3.99. The highest BCUT2D eigenvalue weighted by molar-refractivity contribution is 4.89. The summed E-state index contributed by atoms with van der Waals surface area (Å²) in [4.78, 5) is 0. The van der Waals surface area contributed by atoms with E-state index < -0.39 is 0 Å². The molecule has 1 fully saturated rings. The van der Waals surface area contributed by atoms with Gasteiger partial charge in [-0.3, -0.25) is 0 Å². The second kappa shape index (κ2) is 6.49. The molecule has 1 atom stereocenters. The van der Waals surface area contributed by atoms with E-state index >= 15 is 0 Å². The molecule has 1 rings (SSSR count). The first-order valence-corrected chi connectivity index (χ1v) is 6.66. The summed E-state index contributed by atoms with van der Waals surface area (Å²) in [6.45, 7) is 6.59.